The van der Waals surface area contributed by atoms with Gasteiger partial charge in [0.1, 0.15) is 11.3 Å². The van der Waals surface area contributed by atoms with Gasteiger partial charge in [-0.2, -0.15) is 0 Å². The number of amides is 1. The van der Waals surface area contributed by atoms with Gasteiger partial charge in [-0.05, 0) is 70.7 Å². The second kappa shape index (κ2) is 8.22. The molecule has 0 unspecified atom stereocenters. The van der Waals surface area contributed by atoms with Crippen LogP contribution < -0.4 is 5.32 Å². The number of pyridine rings is 1. The summed E-state index contributed by atoms with van der Waals surface area (Å²) in [5.74, 6) is 1.22. The van der Waals surface area contributed by atoms with Gasteiger partial charge in [-0.25, -0.2) is 9.78 Å². The summed E-state index contributed by atoms with van der Waals surface area (Å²) in [4.78, 5) is 16.6. The Labute approximate surface area is 180 Å². The molecule has 1 fully saturated rings. The monoisotopic (exact) mass is 428 g/mol. The Kier molecular flexibility index (Phi) is 5.64. The molecule has 7 nitrogen and oxygen atoms in total. The van der Waals surface area contributed by atoms with Gasteiger partial charge in [0.15, 0.2) is 0 Å². The van der Waals surface area contributed by atoms with Crippen molar-refractivity contribution in [1.82, 2.24) is 20.5 Å². The van der Waals surface area contributed by atoms with Crippen molar-refractivity contribution in [2.75, 3.05) is 0 Å². The summed E-state index contributed by atoms with van der Waals surface area (Å²) in [6.45, 7) is 5.57. The van der Waals surface area contributed by atoms with E-state index in [0.29, 0.717) is 22.5 Å². The molecule has 1 aliphatic carbocycles. The highest BCUT2D eigenvalue weighted by atomic mass is 35.5. The van der Waals surface area contributed by atoms with Crippen molar-refractivity contribution in [2.45, 2.75) is 64.0 Å². The molecule has 0 aliphatic heterocycles. The fraction of sp³-hybridized carbons (Fsp3) is 0.455. The molecule has 30 heavy (non-hydrogen) atoms. The second-order valence-corrected chi connectivity index (χ2v) is 9.11. The lowest BCUT2D eigenvalue weighted by Crippen LogP contribution is -2.40. The topological polar surface area (TPSA) is 90.1 Å². The van der Waals surface area contributed by atoms with Gasteiger partial charge in [-0.15, -0.1) is 10.2 Å². The molecule has 2 aromatic heterocycles. The van der Waals surface area contributed by atoms with Crippen molar-refractivity contribution in [3.8, 4) is 11.6 Å². The first-order chi connectivity index (χ1) is 14.3. The van der Waals surface area contributed by atoms with Crippen LogP contribution in [0.2, 0.25) is 5.02 Å². The zero-order valence-corrected chi connectivity index (χ0v) is 18.1. The molecular formula is C22H25ClN4O3. The Morgan fingerprint density at radius 2 is 1.90 bits per heavy atom. The Bertz CT molecular complexity index is 1050. The van der Waals surface area contributed by atoms with E-state index in [1.807, 2.05) is 51.1 Å². The van der Waals surface area contributed by atoms with Gasteiger partial charge in [-0.1, -0.05) is 17.7 Å². The number of ether oxygens (including phenoxy) is 1. The molecular weight excluding hydrogens is 404 g/mol. The summed E-state index contributed by atoms with van der Waals surface area (Å²) in [5, 5.41) is 13.0. The number of rotatable bonds is 3. The summed E-state index contributed by atoms with van der Waals surface area (Å²) in [5.41, 5.74) is 0.971. The van der Waals surface area contributed by atoms with E-state index in [2.05, 4.69) is 20.5 Å². The Morgan fingerprint density at radius 1 is 1.13 bits per heavy atom. The molecule has 1 aliphatic rings. The van der Waals surface area contributed by atoms with Crippen LogP contribution in [-0.2, 0) is 4.74 Å². The van der Waals surface area contributed by atoms with Gasteiger partial charge in [0.05, 0.1) is 5.52 Å². The van der Waals surface area contributed by atoms with Crippen LogP contribution in [0.25, 0.3) is 22.5 Å². The first-order valence-corrected chi connectivity index (χ1v) is 10.5. The molecule has 0 atom stereocenters. The zero-order valence-electron chi connectivity index (χ0n) is 17.3. The van der Waals surface area contributed by atoms with Gasteiger partial charge < -0.3 is 14.5 Å². The average molecular weight is 429 g/mol. The molecule has 1 saturated carbocycles. The third-order valence-corrected chi connectivity index (χ3v) is 5.34. The van der Waals surface area contributed by atoms with E-state index in [4.69, 9.17) is 20.8 Å². The molecule has 2 heterocycles. The van der Waals surface area contributed by atoms with E-state index in [9.17, 15) is 4.79 Å². The zero-order chi connectivity index (χ0) is 21.3. The van der Waals surface area contributed by atoms with Gasteiger partial charge in [0, 0.05) is 22.4 Å². The van der Waals surface area contributed by atoms with E-state index in [-0.39, 0.29) is 18.1 Å². The van der Waals surface area contributed by atoms with Crippen LogP contribution in [0.4, 0.5) is 4.79 Å². The van der Waals surface area contributed by atoms with Crippen LogP contribution in [0, 0.1) is 0 Å². The number of carbonyl (C=O) groups is 1. The molecule has 0 radical (unpaired) electrons. The Morgan fingerprint density at radius 3 is 2.63 bits per heavy atom. The lowest BCUT2D eigenvalue weighted by atomic mass is 9.86. The van der Waals surface area contributed by atoms with Crippen LogP contribution in [0.1, 0.15) is 58.3 Å². The summed E-state index contributed by atoms with van der Waals surface area (Å²) in [7, 11) is 0. The molecule has 1 amide bonds. The summed E-state index contributed by atoms with van der Waals surface area (Å²) < 4.78 is 11.3. The minimum atomic E-state index is -0.496. The predicted molar refractivity (Wildman–Crippen MR) is 114 cm³/mol. The molecule has 8 heteroatoms. The fourth-order valence-corrected chi connectivity index (χ4v) is 3.86. The van der Waals surface area contributed by atoms with Crippen LogP contribution in [-0.4, -0.2) is 32.9 Å². The molecule has 158 valence electrons. The summed E-state index contributed by atoms with van der Waals surface area (Å²) in [6.07, 6.45) is 3.06. The number of hydrogen-bond acceptors (Lipinski definition) is 6. The quantitative estimate of drug-likeness (QED) is 0.593. The second-order valence-electron chi connectivity index (χ2n) is 8.67. The highest BCUT2D eigenvalue weighted by molar-refractivity contribution is 6.31. The van der Waals surface area contributed by atoms with Gasteiger partial charge >= 0.3 is 6.09 Å². The predicted octanol–water partition coefficient (Wildman–Crippen LogP) is 5.49. The largest absolute Gasteiger partial charge is 0.444 e. The summed E-state index contributed by atoms with van der Waals surface area (Å²) in [6, 6.07) is 9.46. The van der Waals surface area contributed by atoms with Gasteiger partial charge in [0.2, 0.25) is 5.89 Å². The minimum absolute atomic E-state index is 0.104. The lowest BCUT2D eigenvalue weighted by Gasteiger charge is -2.28. The minimum Gasteiger partial charge on any atom is -0.444 e. The maximum absolute atomic E-state index is 12.0. The number of aromatic nitrogens is 3. The lowest BCUT2D eigenvalue weighted by molar-refractivity contribution is 0.0490. The van der Waals surface area contributed by atoms with Crippen LogP contribution in [0.5, 0.6) is 0 Å². The van der Waals surface area contributed by atoms with Crippen molar-refractivity contribution in [2.24, 2.45) is 0 Å². The van der Waals surface area contributed by atoms with E-state index in [0.717, 1.165) is 36.6 Å². The fourth-order valence-electron chi connectivity index (χ4n) is 3.68. The van der Waals surface area contributed by atoms with Crippen molar-refractivity contribution in [3.05, 3.63) is 41.2 Å². The molecule has 1 N–H and O–H groups in total. The third-order valence-electron chi connectivity index (χ3n) is 5.11. The van der Waals surface area contributed by atoms with Crippen LogP contribution in [0.3, 0.4) is 0 Å². The molecule has 0 saturated heterocycles. The number of hydrogen-bond donors (Lipinski definition) is 1. The van der Waals surface area contributed by atoms with E-state index < -0.39 is 5.60 Å². The number of nitrogens with one attached hydrogen (secondary N) is 1. The molecule has 3 aromatic rings. The smallest absolute Gasteiger partial charge is 0.407 e. The van der Waals surface area contributed by atoms with Crippen molar-refractivity contribution < 1.29 is 13.9 Å². The molecule has 0 spiro atoms. The number of nitrogens with zero attached hydrogens (tertiary/aromatic N) is 3. The number of alkyl carbamates (subject to hydrolysis) is 1. The number of carbonyl (C=O) groups excluding carboxylic acids is 1. The number of halogens is 1. The highest BCUT2D eigenvalue weighted by Crippen LogP contribution is 2.33. The van der Waals surface area contributed by atoms with E-state index in [1.54, 1.807) is 0 Å². The standard InChI is InChI=1S/C22H25ClN4O3/c1-22(2,3)30-21(28)24-16-8-4-13(5-9-16)19-26-27-20(29-19)18-10-6-14-12-15(23)7-11-17(14)25-18/h6-7,10-13,16H,4-5,8-9H2,1-3H3,(H,24,28)/t13-,16-. The van der Waals surface area contributed by atoms with Gasteiger partial charge in [0.25, 0.3) is 5.89 Å². The van der Waals surface area contributed by atoms with Crippen molar-refractivity contribution >= 4 is 28.6 Å². The van der Waals surface area contributed by atoms with E-state index in [1.165, 1.54) is 0 Å². The van der Waals surface area contributed by atoms with E-state index >= 15 is 0 Å². The molecule has 4 rings (SSSR count). The first kappa shape index (κ1) is 20.6. The maximum atomic E-state index is 12.0. The Hall–Kier alpha value is -2.67. The van der Waals surface area contributed by atoms with Gasteiger partial charge in [-0.3, -0.25) is 0 Å². The number of fused-ring (bicyclic) bond motifs is 1. The molecule has 1 aromatic carbocycles. The highest BCUT2D eigenvalue weighted by Gasteiger charge is 2.28. The maximum Gasteiger partial charge on any atom is 0.407 e. The normalized spacial score (nSPS) is 19.6. The van der Waals surface area contributed by atoms with Crippen LogP contribution >= 0.6 is 11.6 Å². The summed E-state index contributed by atoms with van der Waals surface area (Å²) >= 11 is 6.03. The van der Waals surface area contributed by atoms with Crippen molar-refractivity contribution in [3.63, 3.8) is 0 Å². The first-order valence-electron chi connectivity index (χ1n) is 10.2. The SMILES string of the molecule is CC(C)(C)OC(=O)N[C@H]1CC[C@H](c2nnc(-c3ccc4cc(Cl)ccc4n3)o2)CC1. The molecule has 0 bridgehead atoms. The van der Waals surface area contributed by atoms with Crippen molar-refractivity contribution in [1.29, 1.82) is 0 Å². The van der Waals surface area contributed by atoms with Crippen LogP contribution in [0.15, 0.2) is 34.7 Å². The average Bonchev–Trinajstić information content (AvgIpc) is 3.17. The number of benzene rings is 1. The third kappa shape index (κ3) is 4.90. The Balaban J connectivity index is 1.38.